The van der Waals surface area contributed by atoms with E-state index in [-0.39, 0.29) is 5.82 Å². The van der Waals surface area contributed by atoms with E-state index in [0.29, 0.717) is 6.04 Å². The molecule has 1 atom stereocenters. The second-order valence-electron chi connectivity index (χ2n) is 3.85. The molecule has 1 unspecified atom stereocenters. The van der Waals surface area contributed by atoms with Gasteiger partial charge in [0.2, 0.25) is 0 Å². The Morgan fingerprint density at radius 2 is 2.36 bits per heavy atom. The van der Waals surface area contributed by atoms with Crippen molar-refractivity contribution in [1.82, 2.24) is 5.32 Å². The Labute approximate surface area is 84.3 Å². The lowest BCUT2D eigenvalue weighted by Gasteiger charge is -2.26. The third-order valence-electron chi connectivity index (χ3n) is 2.87. The maximum atomic E-state index is 13.1. The van der Waals surface area contributed by atoms with Gasteiger partial charge in [0, 0.05) is 6.04 Å². The molecule has 0 aromatic heterocycles. The van der Waals surface area contributed by atoms with Crippen LogP contribution in [0, 0.1) is 5.82 Å². The molecule has 0 spiro atoms. The summed E-state index contributed by atoms with van der Waals surface area (Å²) in [4.78, 5) is 0. The summed E-state index contributed by atoms with van der Waals surface area (Å²) >= 11 is 0. The van der Waals surface area contributed by atoms with E-state index in [4.69, 9.17) is 0 Å². The van der Waals surface area contributed by atoms with Gasteiger partial charge in [-0.15, -0.1) is 0 Å². The number of benzene rings is 1. The van der Waals surface area contributed by atoms with Crippen molar-refractivity contribution in [2.75, 3.05) is 6.54 Å². The predicted octanol–water partition coefficient (Wildman–Crippen LogP) is 2.81. The number of rotatable bonds is 2. The van der Waals surface area contributed by atoms with Crippen LogP contribution in [0.15, 0.2) is 18.2 Å². The van der Waals surface area contributed by atoms with Crippen molar-refractivity contribution in [2.45, 2.75) is 32.2 Å². The van der Waals surface area contributed by atoms with E-state index in [0.717, 1.165) is 24.9 Å². The Bertz CT molecular complexity index is 322. The van der Waals surface area contributed by atoms with Gasteiger partial charge in [-0.1, -0.05) is 13.0 Å². The van der Waals surface area contributed by atoms with Crippen molar-refractivity contribution in [2.24, 2.45) is 0 Å². The minimum atomic E-state index is -0.117. The molecule has 1 aliphatic rings. The average Bonchev–Trinajstić information content (AvgIpc) is 2.19. The lowest BCUT2D eigenvalue weighted by Crippen LogP contribution is -2.24. The molecular weight excluding hydrogens is 177 g/mol. The zero-order valence-corrected chi connectivity index (χ0v) is 8.52. The molecule has 0 saturated carbocycles. The van der Waals surface area contributed by atoms with Crippen LogP contribution in [0.4, 0.5) is 4.39 Å². The van der Waals surface area contributed by atoms with Crippen molar-refractivity contribution in [3.8, 4) is 0 Å². The highest BCUT2D eigenvalue weighted by molar-refractivity contribution is 5.32. The van der Waals surface area contributed by atoms with Crippen molar-refractivity contribution >= 4 is 0 Å². The van der Waals surface area contributed by atoms with Crippen LogP contribution in [-0.2, 0) is 6.42 Å². The van der Waals surface area contributed by atoms with Gasteiger partial charge in [0.05, 0.1) is 0 Å². The Morgan fingerprint density at radius 3 is 3.14 bits per heavy atom. The van der Waals surface area contributed by atoms with Gasteiger partial charge in [-0.3, -0.25) is 0 Å². The highest BCUT2D eigenvalue weighted by Gasteiger charge is 2.19. The van der Waals surface area contributed by atoms with E-state index in [9.17, 15) is 4.39 Å². The molecule has 1 nitrogen and oxygen atoms in total. The number of hydrogen-bond donors (Lipinski definition) is 1. The maximum absolute atomic E-state index is 13.1. The van der Waals surface area contributed by atoms with E-state index < -0.39 is 0 Å². The summed E-state index contributed by atoms with van der Waals surface area (Å²) in [6.45, 7) is 3.04. The number of aryl methyl sites for hydroxylation is 1. The standard InChI is InChI=1S/C12H16FN/c1-2-14-12-5-3-4-9-6-7-10(13)8-11(9)12/h6-8,12,14H,2-5H2,1H3. The number of fused-ring (bicyclic) bond motifs is 1. The van der Waals surface area contributed by atoms with Crippen LogP contribution in [0.1, 0.15) is 36.9 Å². The highest BCUT2D eigenvalue weighted by atomic mass is 19.1. The molecule has 2 heteroatoms. The lowest BCUT2D eigenvalue weighted by molar-refractivity contribution is 0.468. The molecule has 0 aliphatic heterocycles. The fourth-order valence-corrected chi connectivity index (χ4v) is 2.23. The van der Waals surface area contributed by atoms with Crippen LogP contribution < -0.4 is 5.32 Å². The van der Waals surface area contributed by atoms with E-state index >= 15 is 0 Å². The molecular formula is C12H16FN. The molecule has 0 saturated heterocycles. The summed E-state index contributed by atoms with van der Waals surface area (Å²) in [6.07, 6.45) is 3.43. The second-order valence-corrected chi connectivity index (χ2v) is 3.85. The minimum Gasteiger partial charge on any atom is -0.310 e. The third kappa shape index (κ3) is 1.80. The second kappa shape index (κ2) is 4.09. The van der Waals surface area contributed by atoms with E-state index in [1.54, 1.807) is 12.1 Å². The number of nitrogens with one attached hydrogen (secondary N) is 1. The molecule has 1 N–H and O–H groups in total. The molecule has 14 heavy (non-hydrogen) atoms. The Balaban J connectivity index is 2.32. The normalized spacial score (nSPS) is 20.6. The van der Waals surface area contributed by atoms with Crippen LogP contribution in [0.2, 0.25) is 0 Å². The maximum Gasteiger partial charge on any atom is 0.123 e. The topological polar surface area (TPSA) is 12.0 Å². The van der Waals surface area contributed by atoms with Crippen molar-refractivity contribution in [3.05, 3.63) is 35.1 Å². The van der Waals surface area contributed by atoms with Gasteiger partial charge in [0.1, 0.15) is 5.82 Å². The largest absolute Gasteiger partial charge is 0.310 e. The fraction of sp³-hybridized carbons (Fsp3) is 0.500. The third-order valence-corrected chi connectivity index (χ3v) is 2.87. The summed E-state index contributed by atoms with van der Waals surface area (Å²) < 4.78 is 13.1. The molecule has 0 fully saturated rings. The minimum absolute atomic E-state index is 0.117. The quantitative estimate of drug-likeness (QED) is 0.761. The molecule has 0 bridgehead atoms. The summed E-state index contributed by atoms with van der Waals surface area (Å²) in [5.74, 6) is -0.117. The van der Waals surface area contributed by atoms with Gasteiger partial charge in [0.25, 0.3) is 0 Å². The van der Waals surface area contributed by atoms with Gasteiger partial charge < -0.3 is 5.32 Å². The summed E-state index contributed by atoms with van der Waals surface area (Å²) in [5.41, 5.74) is 2.47. The summed E-state index contributed by atoms with van der Waals surface area (Å²) in [6, 6.07) is 5.53. The van der Waals surface area contributed by atoms with Crippen LogP contribution in [0.5, 0.6) is 0 Å². The predicted molar refractivity (Wildman–Crippen MR) is 55.8 cm³/mol. The van der Waals surface area contributed by atoms with Crippen LogP contribution in [0.25, 0.3) is 0 Å². The molecule has 1 aromatic rings. The first-order valence-corrected chi connectivity index (χ1v) is 5.33. The fourth-order valence-electron chi connectivity index (χ4n) is 2.23. The van der Waals surface area contributed by atoms with E-state index in [2.05, 4.69) is 12.2 Å². The molecule has 0 radical (unpaired) electrons. The number of hydrogen-bond acceptors (Lipinski definition) is 1. The van der Waals surface area contributed by atoms with Gasteiger partial charge in [0.15, 0.2) is 0 Å². The summed E-state index contributed by atoms with van der Waals surface area (Å²) in [7, 11) is 0. The molecule has 0 heterocycles. The first kappa shape index (κ1) is 9.66. The first-order chi connectivity index (χ1) is 6.81. The highest BCUT2D eigenvalue weighted by Crippen LogP contribution is 2.29. The molecule has 2 rings (SSSR count). The molecule has 0 amide bonds. The average molecular weight is 193 g/mol. The van der Waals surface area contributed by atoms with E-state index in [1.165, 1.54) is 12.0 Å². The van der Waals surface area contributed by atoms with Crippen molar-refractivity contribution < 1.29 is 4.39 Å². The Morgan fingerprint density at radius 1 is 1.50 bits per heavy atom. The Hall–Kier alpha value is -0.890. The van der Waals surface area contributed by atoms with Gasteiger partial charge >= 0.3 is 0 Å². The van der Waals surface area contributed by atoms with Crippen LogP contribution >= 0.6 is 0 Å². The van der Waals surface area contributed by atoms with Crippen LogP contribution in [-0.4, -0.2) is 6.54 Å². The van der Waals surface area contributed by atoms with Gasteiger partial charge in [-0.2, -0.15) is 0 Å². The smallest absolute Gasteiger partial charge is 0.123 e. The van der Waals surface area contributed by atoms with E-state index in [1.807, 2.05) is 6.07 Å². The molecule has 76 valence electrons. The van der Waals surface area contributed by atoms with Gasteiger partial charge in [-0.25, -0.2) is 4.39 Å². The summed E-state index contributed by atoms with van der Waals surface area (Å²) in [5, 5.41) is 3.40. The zero-order chi connectivity index (χ0) is 9.97. The zero-order valence-electron chi connectivity index (χ0n) is 8.52. The lowest BCUT2D eigenvalue weighted by atomic mass is 9.87. The molecule has 1 aromatic carbocycles. The van der Waals surface area contributed by atoms with Crippen LogP contribution in [0.3, 0.4) is 0 Å². The van der Waals surface area contributed by atoms with Gasteiger partial charge in [-0.05, 0) is 49.1 Å². The van der Waals surface area contributed by atoms with Crippen molar-refractivity contribution in [1.29, 1.82) is 0 Å². The first-order valence-electron chi connectivity index (χ1n) is 5.33. The monoisotopic (exact) mass is 193 g/mol. The SMILES string of the molecule is CCNC1CCCc2ccc(F)cc21. The Kier molecular flexibility index (Phi) is 2.82. The van der Waals surface area contributed by atoms with Crippen molar-refractivity contribution in [3.63, 3.8) is 0 Å². The number of halogens is 1. The molecule has 1 aliphatic carbocycles.